The van der Waals surface area contributed by atoms with E-state index < -0.39 is 0 Å². The minimum Gasteiger partial charge on any atom is -0.447 e. The minimum atomic E-state index is -0.346. The summed E-state index contributed by atoms with van der Waals surface area (Å²) in [7, 11) is 4.33. The summed E-state index contributed by atoms with van der Waals surface area (Å²) in [4.78, 5) is 68.8. The molecule has 30 heteroatoms. The first kappa shape index (κ1) is 132. The van der Waals surface area contributed by atoms with Crippen molar-refractivity contribution in [3.05, 3.63) is 35.9 Å². The molecule has 10 fully saturated rings. The van der Waals surface area contributed by atoms with Gasteiger partial charge in [-0.15, -0.1) is 0 Å². The zero-order chi connectivity index (χ0) is 104. The zero-order valence-electron chi connectivity index (χ0n) is 94.8. The molecule has 0 radical (unpaired) electrons. The summed E-state index contributed by atoms with van der Waals surface area (Å²) in [6.45, 7) is 91.3. The number of piperazine rings is 2. The molecule has 8 heterocycles. The van der Waals surface area contributed by atoms with E-state index in [1.54, 1.807) is 0 Å². The second kappa shape index (κ2) is 80.6. The average molecular weight is 1990 g/mol. The fraction of sp³-hybridized carbons (Fsp3) is 0.909. The minimum absolute atomic E-state index is 0.0307. The number of amides is 4. The molecule has 1 aromatic carbocycles. The highest BCUT2D eigenvalue weighted by Gasteiger charge is 2.47. The molecule has 8 aliphatic heterocycles. The highest BCUT2D eigenvalue weighted by Crippen LogP contribution is 2.49. The molecule has 1 aromatic rings. The highest BCUT2D eigenvalue weighted by atomic mass is 16.6. The Morgan fingerprint density at radius 2 is 0.586 bits per heavy atom. The molecule has 824 valence electrons. The maximum atomic E-state index is 11.2. The van der Waals surface area contributed by atoms with Gasteiger partial charge in [0.25, 0.3) is 0 Å². The van der Waals surface area contributed by atoms with E-state index in [0.29, 0.717) is 87.2 Å². The summed E-state index contributed by atoms with van der Waals surface area (Å²) < 4.78 is 64.2. The lowest BCUT2D eigenvalue weighted by atomic mass is 9.63. The van der Waals surface area contributed by atoms with Crippen LogP contribution in [0.1, 0.15) is 294 Å². The Hall–Kier alpha value is -4.42. The van der Waals surface area contributed by atoms with Gasteiger partial charge in [-0.05, 0) is 326 Å². The third-order valence-electron chi connectivity index (χ3n) is 25.2. The van der Waals surface area contributed by atoms with Crippen LogP contribution in [0.5, 0.6) is 0 Å². The van der Waals surface area contributed by atoms with Gasteiger partial charge >= 0.3 is 24.4 Å². The Morgan fingerprint density at radius 1 is 0.307 bits per heavy atom. The number of carbonyl (C=O) groups excluding carboxylic acids is 4. The van der Waals surface area contributed by atoms with Gasteiger partial charge in [0, 0.05) is 203 Å². The van der Waals surface area contributed by atoms with Gasteiger partial charge in [-0.2, -0.15) is 0 Å². The molecule has 4 amide bonds. The quantitative estimate of drug-likeness (QED) is 0.0350. The largest absolute Gasteiger partial charge is 0.447 e. The molecule has 8 saturated heterocycles. The van der Waals surface area contributed by atoms with Gasteiger partial charge < -0.3 is 108 Å². The van der Waals surface area contributed by atoms with Crippen molar-refractivity contribution in [2.75, 3.05) is 263 Å². The van der Waals surface area contributed by atoms with E-state index in [1.807, 2.05) is 92.6 Å². The van der Waals surface area contributed by atoms with Crippen molar-refractivity contribution >= 4 is 24.4 Å². The van der Waals surface area contributed by atoms with E-state index in [9.17, 15) is 19.2 Å². The van der Waals surface area contributed by atoms with Crippen LogP contribution in [-0.2, 0) is 63.3 Å². The third-order valence-corrected chi connectivity index (χ3v) is 25.2. The number of benzene rings is 1. The predicted octanol–water partition coefficient (Wildman–Crippen LogP) is 17.2. The Balaban J connectivity index is 0.000000527. The van der Waals surface area contributed by atoms with Crippen molar-refractivity contribution < 1.29 is 76.0 Å². The van der Waals surface area contributed by atoms with Gasteiger partial charge in [-0.3, -0.25) is 19.6 Å². The van der Waals surface area contributed by atoms with Gasteiger partial charge in [0.15, 0.2) is 0 Å². The molecule has 4 atom stereocenters. The Kier molecular flexibility index (Phi) is 75.8. The van der Waals surface area contributed by atoms with Crippen LogP contribution < -0.4 is 21.3 Å². The maximum Gasteiger partial charge on any atom is 0.407 e. The number of nitrogens with one attached hydrogen (secondary N) is 4. The lowest BCUT2D eigenvalue weighted by Crippen LogP contribution is -2.60. The average Bonchev–Trinajstić information content (AvgIpc) is 0.768. The van der Waals surface area contributed by atoms with E-state index in [-0.39, 0.29) is 48.8 Å². The van der Waals surface area contributed by atoms with Gasteiger partial charge in [0.2, 0.25) is 0 Å². The van der Waals surface area contributed by atoms with Gasteiger partial charge in [0.1, 0.15) is 0 Å². The van der Waals surface area contributed by atoms with Crippen molar-refractivity contribution in [3.63, 3.8) is 0 Å². The number of nitrogens with zero attached hydrogens (tertiary/aromatic N) is 10. The molecule has 0 bridgehead atoms. The molecule has 2 aliphatic carbocycles. The van der Waals surface area contributed by atoms with Crippen molar-refractivity contribution in [3.8, 4) is 0 Å². The van der Waals surface area contributed by atoms with Gasteiger partial charge in [-0.25, -0.2) is 19.2 Å². The molecule has 30 nitrogen and oxygen atoms in total. The van der Waals surface area contributed by atoms with E-state index >= 15 is 0 Å². The number of hydrogen-bond acceptors (Lipinski definition) is 26. The molecule has 11 rings (SSSR count). The maximum absolute atomic E-state index is 11.2. The van der Waals surface area contributed by atoms with E-state index in [2.05, 4.69) is 195 Å². The number of piperidine rings is 2. The number of ether oxygens (including phenoxy) is 12. The SMILES string of the molecule is CC(C)OC(=O)NCCCN1CCCCC1.CC(C)OC(=O)NCCN1CCN(C)CC1.CC(C)OC(=O)NCCc1ccccc1.CC(C)OCCCN1CC(C)OC(C)C1.CC(C)OCCCN1CC2(CCC2)C1.CC(C)OCCCN1CCN(C)CC1.CC(C)OCCCN1C[C@@H](C)O[C@@H](C)C1.CC(C)OCCN1CC2(CCC2)C1.CC(C)OCCN1CCCCC1.CCCNC(=O)OC(C)C. The zero-order valence-corrected chi connectivity index (χ0v) is 94.8. The first-order chi connectivity index (χ1) is 66.6. The number of morpholine rings is 2. The van der Waals surface area contributed by atoms with Crippen LogP contribution in [-0.4, -0.2) is 422 Å². The molecule has 0 aromatic heterocycles. The van der Waals surface area contributed by atoms with Crippen molar-refractivity contribution in [2.45, 2.75) is 381 Å². The lowest BCUT2D eigenvalue weighted by molar-refractivity contribution is -0.0732. The van der Waals surface area contributed by atoms with E-state index in [0.717, 1.165) is 174 Å². The van der Waals surface area contributed by atoms with Gasteiger partial charge in [-0.1, -0.05) is 62.9 Å². The van der Waals surface area contributed by atoms with Crippen LogP contribution >= 0.6 is 0 Å². The van der Waals surface area contributed by atoms with Crippen molar-refractivity contribution in [1.82, 2.24) is 70.3 Å². The normalized spacial score (nSPS) is 20.8. The molecule has 10 aliphatic rings. The highest BCUT2D eigenvalue weighted by molar-refractivity contribution is 5.68. The molecule has 2 spiro atoms. The summed E-state index contributed by atoms with van der Waals surface area (Å²) in [5.41, 5.74) is 2.78. The first-order valence-electron chi connectivity index (χ1n) is 55.6. The Morgan fingerprint density at radius 3 is 0.914 bits per heavy atom. The lowest BCUT2D eigenvalue weighted by Gasteiger charge is -2.56. The number of likely N-dealkylation sites (tertiary alicyclic amines) is 4. The number of likely N-dealkylation sites (N-methyl/N-ethyl adjacent to an activating group) is 2. The summed E-state index contributed by atoms with van der Waals surface area (Å²) in [6, 6.07) is 10.0. The van der Waals surface area contributed by atoms with Crippen LogP contribution in [0.4, 0.5) is 19.2 Å². The number of alkyl carbamates (subject to hydrolysis) is 4. The van der Waals surface area contributed by atoms with Crippen LogP contribution in [0, 0.1) is 10.8 Å². The summed E-state index contributed by atoms with van der Waals surface area (Å²) in [5.74, 6) is 0. The summed E-state index contributed by atoms with van der Waals surface area (Å²) in [6.07, 6.45) is 26.7. The smallest absolute Gasteiger partial charge is 0.407 e. The second-order valence-corrected chi connectivity index (χ2v) is 43.3. The number of carbonyl (C=O) groups is 4. The molecular formula is C110H218N14O16. The fourth-order valence-electron chi connectivity index (χ4n) is 17.8. The van der Waals surface area contributed by atoms with Crippen molar-refractivity contribution in [2.24, 2.45) is 10.8 Å². The van der Waals surface area contributed by atoms with E-state index in [1.165, 1.54) is 187 Å². The van der Waals surface area contributed by atoms with Crippen molar-refractivity contribution in [1.29, 1.82) is 0 Å². The monoisotopic (exact) mass is 1990 g/mol. The summed E-state index contributed by atoms with van der Waals surface area (Å²) in [5, 5.41) is 10.8. The topological polar surface area (TPSA) is 260 Å². The van der Waals surface area contributed by atoms with E-state index in [4.69, 9.17) is 56.8 Å². The standard InChI is InChI=1S/C12H24N2O2.2C12H25NO2.C12H17NO2.C12H23NO.C11H23N3O2.C11H24N2O.C11H21NO.C10H21NO.C7H15NO2/c1-11(2)16-12(15)13-7-6-10-14-8-4-3-5-9-14;2*1-10(2)14-7-5-6-13-8-11(3)15-12(4)9-13;1-10(2)15-12(14)13-9-8-11-6-4-3-5-7-11;1-11(2)14-8-4-7-13-9-12(10-13)5-3-6-12;1-10(2)16-11(15)12-4-5-14-8-6-13(3)7-9-14;1-11(2)14-10-4-5-13-8-6-12(3)7-9-13;1-10(2)13-7-6-12-8-11(9-12)4-3-5-11;1-10(2)12-9-8-11-6-4-3-5-7-11;1-4-5-8-7(9)10-6(2)3/h11H,3-10H2,1-2H3,(H,13,15);2*10-12H,5-9H2,1-4H3;3-7,10H,8-9H2,1-2H3,(H,13,14);11H,3-10H2,1-2H3;10H,4-9H2,1-3H3,(H,12,15);11H,4-10H2,1-3H3;10H,3-9H2,1-2H3;10H,3-9H2,1-2H3;6H,4-5H2,1-3H3,(H,8,9)/t;11-,12+;;;;;;;;. The first-order valence-corrected chi connectivity index (χ1v) is 55.6. The third kappa shape index (κ3) is 73.6. The molecule has 2 unspecified atom stereocenters. The molecule has 140 heavy (non-hydrogen) atoms. The van der Waals surface area contributed by atoms with Crippen LogP contribution in [0.3, 0.4) is 0 Å². The summed E-state index contributed by atoms with van der Waals surface area (Å²) >= 11 is 0. The number of rotatable bonds is 44. The van der Waals surface area contributed by atoms with Crippen LogP contribution in [0.2, 0.25) is 0 Å². The molecule has 4 N–H and O–H groups in total. The Bertz CT molecular complexity index is 3010. The van der Waals surface area contributed by atoms with Crippen LogP contribution in [0.15, 0.2) is 30.3 Å². The fourth-order valence-corrected chi connectivity index (χ4v) is 17.8. The van der Waals surface area contributed by atoms with Crippen LogP contribution in [0.25, 0.3) is 0 Å². The Labute approximate surface area is 856 Å². The molecule has 2 saturated carbocycles. The van der Waals surface area contributed by atoms with Gasteiger partial charge in [0.05, 0.1) is 98.7 Å². The molecular weight excluding hydrogens is 1770 g/mol. The number of hydrogen-bond donors (Lipinski definition) is 4. The second-order valence-electron chi connectivity index (χ2n) is 43.3. The predicted molar refractivity (Wildman–Crippen MR) is 575 cm³/mol.